The van der Waals surface area contributed by atoms with Crippen molar-refractivity contribution in [2.45, 2.75) is 41.3 Å². The van der Waals surface area contributed by atoms with Crippen LogP contribution in [0.2, 0.25) is 0 Å². The van der Waals surface area contributed by atoms with Gasteiger partial charge in [0.25, 0.3) is 11.5 Å². The van der Waals surface area contributed by atoms with Crippen LogP contribution < -0.4 is 9.64 Å². The number of non-ortho nitro benzene ring substituents is 1. The number of aliphatic hydroxyl groups is 1. The van der Waals surface area contributed by atoms with Crippen molar-refractivity contribution in [3.05, 3.63) is 111 Å². The van der Waals surface area contributed by atoms with Crippen LogP contribution in [0.15, 0.2) is 93.7 Å². The molecule has 0 radical (unpaired) electrons. The number of benzene rings is 3. The summed E-state index contributed by atoms with van der Waals surface area (Å²) in [7, 11) is -4.28. The smallest absolute Gasteiger partial charge is 0.507 e. The van der Waals surface area contributed by atoms with Crippen molar-refractivity contribution in [1.82, 2.24) is 4.98 Å². The van der Waals surface area contributed by atoms with E-state index in [0.29, 0.717) is 11.3 Å². The summed E-state index contributed by atoms with van der Waals surface area (Å²) in [6.07, 6.45) is -4.04. The minimum absolute atomic E-state index is 0.0871. The second-order valence-corrected chi connectivity index (χ2v) is 13.5. The Morgan fingerprint density at radius 2 is 1.63 bits per heavy atom. The van der Waals surface area contributed by atoms with Gasteiger partial charge in [-0.1, -0.05) is 61.6 Å². The average Bonchev–Trinajstić information content (AvgIpc) is 3.60. The first-order chi connectivity index (χ1) is 21.6. The van der Waals surface area contributed by atoms with Crippen LogP contribution in [0.4, 0.5) is 24.0 Å². The lowest BCUT2D eigenvalue weighted by Crippen LogP contribution is -2.29. The number of thiazole rings is 1. The van der Waals surface area contributed by atoms with Crippen molar-refractivity contribution in [1.29, 1.82) is 0 Å². The molecule has 1 unspecified atom stereocenters. The first-order valence-corrected chi connectivity index (χ1v) is 15.6. The molecule has 238 valence electrons. The van der Waals surface area contributed by atoms with Gasteiger partial charge in [-0.3, -0.25) is 24.6 Å². The molecule has 0 spiro atoms. The van der Waals surface area contributed by atoms with Crippen LogP contribution in [0.3, 0.4) is 0 Å². The number of nitrogens with zero attached hydrogens (tertiary/aromatic N) is 3. The molecule has 1 atom stereocenters. The molecule has 0 saturated carbocycles. The largest absolute Gasteiger partial charge is 0.573 e. The standard InChI is InChI=1S/C30H22F3N3O8S2/c1-16(2)17-3-5-19(6-4-17)26(37)24-25(18-7-11-21(12-8-18)44-30(31,32)33)35(28(39)27(24)38)29-34-15-23(45-29)46(42,43)22-13-9-20(10-14-22)36(40)41/h3-16,25,37H,1-2H3. The van der Waals surface area contributed by atoms with Crippen LogP contribution in [0, 0.1) is 10.1 Å². The maximum absolute atomic E-state index is 13.5. The molecule has 0 aliphatic carbocycles. The van der Waals surface area contributed by atoms with E-state index in [-0.39, 0.29) is 37.0 Å². The number of carbonyl (C=O) groups excluding carboxylic acids is 2. The molecule has 1 N–H and O–H groups in total. The summed E-state index contributed by atoms with van der Waals surface area (Å²) in [5.41, 5.74) is 0.465. The van der Waals surface area contributed by atoms with Crippen molar-refractivity contribution in [3.8, 4) is 5.75 Å². The summed E-state index contributed by atoms with van der Waals surface area (Å²) in [4.78, 5) is 41.8. The fourth-order valence-corrected chi connectivity index (χ4v) is 7.27. The molecule has 16 heteroatoms. The summed E-state index contributed by atoms with van der Waals surface area (Å²) in [6, 6.07) is 13.5. The van der Waals surface area contributed by atoms with E-state index in [2.05, 4.69) is 9.72 Å². The van der Waals surface area contributed by atoms with E-state index in [1.54, 1.807) is 24.3 Å². The third-order valence-electron chi connectivity index (χ3n) is 7.03. The lowest BCUT2D eigenvalue weighted by atomic mass is 9.94. The number of anilines is 1. The van der Waals surface area contributed by atoms with E-state index in [4.69, 9.17) is 0 Å². The first-order valence-electron chi connectivity index (χ1n) is 13.3. The highest BCUT2D eigenvalue weighted by Crippen LogP contribution is 2.45. The zero-order valence-corrected chi connectivity index (χ0v) is 25.4. The number of hydrogen-bond donors (Lipinski definition) is 1. The van der Waals surface area contributed by atoms with E-state index in [9.17, 15) is 46.4 Å². The van der Waals surface area contributed by atoms with Crippen molar-refractivity contribution in [2.24, 2.45) is 0 Å². The molecule has 4 aromatic rings. The lowest BCUT2D eigenvalue weighted by Gasteiger charge is -2.23. The Bertz CT molecular complexity index is 1970. The average molecular weight is 674 g/mol. The van der Waals surface area contributed by atoms with Crippen molar-refractivity contribution in [3.63, 3.8) is 0 Å². The molecule has 1 amide bonds. The Balaban J connectivity index is 1.61. The molecule has 5 rings (SSSR count). The van der Waals surface area contributed by atoms with Crippen molar-refractivity contribution < 1.29 is 45.9 Å². The molecular weight excluding hydrogens is 651 g/mol. The SMILES string of the molecule is CC(C)c1ccc(C(O)=C2C(=O)C(=O)N(c3ncc(S(=O)(=O)c4ccc([N+](=O)[O-])cc4)s3)C2c2ccc(OC(F)(F)F)cc2)cc1. The molecule has 11 nitrogen and oxygen atoms in total. The van der Waals surface area contributed by atoms with Gasteiger partial charge in [-0.15, -0.1) is 13.2 Å². The van der Waals surface area contributed by atoms with Gasteiger partial charge in [-0.2, -0.15) is 0 Å². The van der Waals surface area contributed by atoms with Gasteiger partial charge in [-0.25, -0.2) is 13.4 Å². The van der Waals surface area contributed by atoms with Gasteiger partial charge in [-0.05, 0) is 41.3 Å². The van der Waals surface area contributed by atoms with Gasteiger partial charge in [0, 0.05) is 17.7 Å². The van der Waals surface area contributed by atoms with E-state index in [0.717, 1.165) is 53.1 Å². The maximum atomic E-state index is 13.5. The molecule has 46 heavy (non-hydrogen) atoms. The molecule has 3 aromatic carbocycles. The summed E-state index contributed by atoms with van der Waals surface area (Å²) in [5, 5.41) is 22.0. The number of ketones is 1. The predicted molar refractivity (Wildman–Crippen MR) is 159 cm³/mol. The van der Waals surface area contributed by atoms with E-state index < -0.39 is 55.9 Å². The summed E-state index contributed by atoms with van der Waals surface area (Å²) >= 11 is 0.515. The van der Waals surface area contributed by atoms with Gasteiger partial charge in [0.2, 0.25) is 9.84 Å². The highest BCUT2D eigenvalue weighted by atomic mass is 32.2. The second kappa shape index (κ2) is 12.0. The number of amides is 1. The van der Waals surface area contributed by atoms with Crippen LogP contribution >= 0.6 is 11.3 Å². The van der Waals surface area contributed by atoms with E-state index in [1.165, 1.54) is 12.1 Å². The highest BCUT2D eigenvalue weighted by molar-refractivity contribution is 7.93. The second-order valence-electron chi connectivity index (χ2n) is 10.3. The molecule has 1 aliphatic rings. The number of carbonyl (C=O) groups is 2. The van der Waals surface area contributed by atoms with Crippen LogP contribution in [0.5, 0.6) is 5.75 Å². The van der Waals surface area contributed by atoms with Crippen molar-refractivity contribution in [2.75, 3.05) is 4.90 Å². The molecule has 1 fully saturated rings. The Morgan fingerprint density at radius 1 is 1.02 bits per heavy atom. The van der Waals surface area contributed by atoms with E-state index in [1.807, 2.05) is 13.8 Å². The quantitative estimate of drug-likeness (QED) is 0.0722. The highest BCUT2D eigenvalue weighted by Gasteiger charge is 2.48. The third-order valence-corrected chi connectivity index (χ3v) is 10.3. The van der Waals surface area contributed by atoms with E-state index >= 15 is 0 Å². The number of aromatic nitrogens is 1. The number of sulfone groups is 1. The minimum atomic E-state index is -4.98. The normalized spacial score (nSPS) is 16.7. The minimum Gasteiger partial charge on any atom is -0.507 e. The number of alkyl halides is 3. The lowest BCUT2D eigenvalue weighted by molar-refractivity contribution is -0.384. The van der Waals surface area contributed by atoms with Crippen LogP contribution in [0.1, 0.15) is 42.5 Å². The van der Waals surface area contributed by atoms with Gasteiger partial charge in [0.15, 0.2) is 5.13 Å². The summed E-state index contributed by atoms with van der Waals surface area (Å²) in [6.45, 7) is 3.91. The summed E-state index contributed by atoms with van der Waals surface area (Å²) in [5.74, 6) is -3.30. The zero-order chi connectivity index (χ0) is 33.6. The Hall–Kier alpha value is -5.09. The van der Waals surface area contributed by atoms with Crippen LogP contribution in [-0.4, -0.2) is 41.5 Å². The Kier molecular flexibility index (Phi) is 8.44. The number of nitro benzene ring substituents is 1. The number of aliphatic hydroxyl groups excluding tert-OH is 1. The molecule has 1 saturated heterocycles. The predicted octanol–water partition coefficient (Wildman–Crippen LogP) is 6.53. The molecule has 2 heterocycles. The van der Waals surface area contributed by atoms with Crippen molar-refractivity contribution >= 4 is 49.4 Å². The number of ether oxygens (including phenoxy) is 1. The fraction of sp³-hybridized carbons (Fsp3) is 0.167. The number of halogens is 3. The zero-order valence-electron chi connectivity index (χ0n) is 23.8. The topological polar surface area (TPSA) is 157 Å². The maximum Gasteiger partial charge on any atom is 0.573 e. The third kappa shape index (κ3) is 6.21. The molecule has 0 bridgehead atoms. The van der Waals surface area contributed by atoms with Gasteiger partial charge in [0.1, 0.15) is 15.7 Å². The Morgan fingerprint density at radius 3 is 2.17 bits per heavy atom. The molecule has 1 aromatic heterocycles. The van der Waals surface area contributed by atoms with Gasteiger partial charge < -0.3 is 9.84 Å². The fourth-order valence-electron chi connectivity index (χ4n) is 4.73. The molecular formula is C30H22F3N3O8S2. The number of nitro groups is 1. The van der Waals surface area contributed by atoms with Crippen LogP contribution in [0.25, 0.3) is 5.76 Å². The monoisotopic (exact) mass is 673 g/mol. The summed E-state index contributed by atoms with van der Waals surface area (Å²) < 4.78 is 68.5. The van der Waals surface area contributed by atoms with Crippen LogP contribution in [-0.2, 0) is 19.4 Å². The number of hydrogen-bond acceptors (Lipinski definition) is 10. The number of Topliss-reactive ketones (excluding diaryl/α,β-unsaturated/α-hetero) is 1. The van der Waals surface area contributed by atoms with Gasteiger partial charge >= 0.3 is 12.3 Å². The molecule has 1 aliphatic heterocycles. The number of rotatable bonds is 8. The first kappa shape index (κ1) is 32.3. The Labute approximate surface area is 263 Å². The van der Waals surface area contributed by atoms with Gasteiger partial charge in [0.05, 0.1) is 27.6 Å².